The molecule has 0 aromatic carbocycles. The molecule has 1 fully saturated rings. The van der Waals surface area contributed by atoms with Crippen molar-refractivity contribution >= 4 is 23.0 Å². The first-order valence-electron chi connectivity index (χ1n) is 8.08. The van der Waals surface area contributed by atoms with E-state index >= 15 is 0 Å². The minimum atomic E-state index is -1.23. The number of likely N-dealkylation sites (N-methyl/N-ethyl adjacent to an activating group) is 1. The molecule has 2 aromatic heterocycles. The van der Waals surface area contributed by atoms with Crippen molar-refractivity contribution in [3.63, 3.8) is 0 Å². The molecular formula is C16H21N5O3. The summed E-state index contributed by atoms with van der Waals surface area (Å²) in [5.74, 6) is -0.641. The number of carboxylic acid groups (broad SMARTS) is 1. The molecule has 1 aliphatic rings. The zero-order valence-electron chi connectivity index (χ0n) is 13.9. The van der Waals surface area contributed by atoms with Crippen LogP contribution in [0, 0.1) is 0 Å². The number of piperazine rings is 1. The number of anilines is 1. The van der Waals surface area contributed by atoms with Crippen LogP contribution >= 0.6 is 0 Å². The van der Waals surface area contributed by atoms with Gasteiger partial charge in [-0.25, -0.2) is 9.78 Å². The van der Waals surface area contributed by atoms with Gasteiger partial charge >= 0.3 is 5.97 Å². The maximum atomic E-state index is 12.4. The zero-order valence-corrected chi connectivity index (χ0v) is 13.9. The van der Waals surface area contributed by atoms with E-state index in [-0.39, 0.29) is 10.9 Å². The SMILES string of the molecule is CCCn1cc(C(=O)O)c(=O)c2cnc(N3CCN(C)CC3)nc21. The highest BCUT2D eigenvalue weighted by atomic mass is 16.4. The van der Waals surface area contributed by atoms with Crippen LogP contribution in [0.3, 0.4) is 0 Å². The number of carbonyl (C=O) groups is 1. The average Bonchev–Trinajstić information content (AvgIpc) is 2.57. The number of nitrogens with zero attached hydrogens (tertiary/aromatic N) is 5. The summed E-state index contributed by atoms with van der Waals surface area (Å²) in [7, 11) is 2.07. The highest BCUT2D eigenvalue weighted by Crippen LogP contribution is 2.16. The lowest BCUT2D eigenvalue weighted by atomic mass is 10.2. The molecular weight excluding hydrogens is 310 g/mol. The topological polar surface area (TPSA) is 91.6 Å². The molecule has 1 aliphatic heterocycles. The average molecular weight is 331 g/mol. The summed E-state index contributed by atoms with van der Waals surface area (Å²) in [6, 6.07) is 0. The molecule has 24 heavy (non-hydrogen) atoms. The fraction of sp³-hybridized carbons (Fsp3) is 0.500. The first kappa shape index (κ1) is 16.4. The van der Waals surface area contributed by atoms with E-state index in [0.29, 0.717) is 18.1 Å². The van der Waals surface area contributed by atoms with Crippen LogP contribution in [-0.4, -0.2) is 63.7 Å². The van der Waals surface area contributed by atoms with E-state index in [2.05, 4.69) is 26.8 Å². The number of aromatic nitrogens is 3. The number of hydrogen-bond acceptors (Lipinski definition) is 6. The molecule has 128 valence electrons. The molecule has 0 atom stereocenters. The van der Waals surface area contributed by atoms with Crippen molar-refractivity contribution < 1.29 is 9.90 Å². The van der Waals surface area contributed by atoms with Gasteiger partial charge in [-0.15, -0.1) is 0 Å². The Hall–Kier alpha value is -2.48. The number of aromatic carboxylic acids is 1. The summed E-state index contributed by atoms with van der Waals surface area (Å²) in [6.07, 6.45) is 3.65. The van der Waals surface area contributed by atoms with Crippen molar-refractivity contribution in [1.82, 2.24) is 19.4 Å². The van der Waals surface area contributed by atoms with E-state index in [1.165, 1.54) is 12.4 Å². The molecule has 0 amide bonds. The highest BCUT2D eigenvalue weighted by molar-refractivity contribution is 5.91. The van der Waals surface area contributed by atoms with E-state index in [9.17, 15) is 14.7 Å². The van der Waals surface area contributed by atoms with Crippen LogP contribution in [0.15, 0.2) is 17.2 Å². The fourth-order valence-electron chi connectivity index (χ4n) is 2.89. The first-order chi connectivity index (χ1) is 11.5. The Morgan fingerprint density at radius 1 is 1.29 bits per heavy atom. The van der Waals surface area contributed by atoms with Gasteiger partial charge in [0.25, 0.3) is 0 Å². The molecule has 0 radical (unpaired) electrons. The van der Waals surface area contributed by atoms with Crippen LogP contribution < -0.4 is 10.3 Å². The Bertz CT molecular complexity index is 824. The number of hydrogen-bond donors (Lipinski definition) is 1. The predicted molar refractivity (Wildman–Crippen MR) is 90.8 cm³/mol. The minimum Gasteiger partial charge on any atom is -0.477 e. The van der Waals surface area contributed by atoms with Crippen molar-refractivity contribution in [3.05, 3.63) is 28.2 Å². The van der Waals surface area contributed by atoms with Crippen molar-refractivity contribution in [2.45, 2.75) is 19.9 Å². The third-order valence-corrected chi connectivity index (χ3v) is 4.28. The molecule has 0 aliphatic carbocycles. The monoisotopic (exact) mass is 331 g/mol. The second-order valence-corrected chi connectivity index (χ2v) is 6.07. The van der Waals surface area contributed by atoms with Crippen LogP contribution in [0.4, 0.5) is 5.95 Å². The van der Waals surface area contributed by atoms with Crippen LogP contribution in [-0.2, 0) is 6.54 Å². The van der Waals surface area contributed by atoms with Gasteiger partial charge in [0.05, 0.1) is 5.39 Å². The van der Waals surface area contributed by atoms with E-state index in [4.69, 9.17) is 0 Å². The lowest BCUT2D eigenvalue weighted by molar-refractivity contribution is 0.0695. The van der Waals surface area contributed by atoms with Gasteiger partial charge < -0.3 is 19.5 Å². The summed E-state index contributed by atoms with van der Waals surface area (Å²) in [4.78, 5) is 36.9. The summed E-state index contributed by atoms with van der Waals surface area (Å²) in [5.41, 5.74) is -0.280. The van der Waals surface area contributed by atoms with Crippen molar-refractivity contribution in [1.29, 1.82) is 0 Å². The number of rotatable bonds is 4. The standard InChI is InChI=1S/C16H21N5O3/c1-3-4-21-10-12(15(23)24)13(22)11-9-17-16(18-14(11)21)20-7-5-19(2)6-8-20/h9-10H,3-8H2,1-2H3,(H,23,24). The summed E-state index contributed by atoms with van der Waals surface area (Å²) in [5, 5.41) is 9.49. The molecule has 0 saturated carbocycles. The predicted octanol–water partition coefficient (Wildman–Crippen LogP) is 0.651. The molecule has 2 aromatic rings. The van der Waals surface area contributed by atoms with Gasteiger partial charge in [-0.1, -0.05) is 6.92 Å². The lowest BCUT2D eigenvalue weighted by Gasteiger charge is -2.32. The third-order valence-electron chi connectivity index (χ3n) is 4.28. The van der Waals surface area contributed by atoms with Gasteiger partial charge in [-0.05, 0) is 13.5 Å². The van der Waals surface area contributed by atoms with Gasteiger partial charge in [0.1, 0.15) is 11.2 Å². The first-order valence-corrected chi connectivity index (χ1v) is 8.08. The van der Waals surface area contributed by atoms with Gasteiger partial charge in [0.2, 0.25) is 11.4 Å². The van der Waals surface area contributed by atoms with E-state index < -0.39 is 11.4 Å². The molecule has 0 unspecified atom stereocenters. The van der Waals surface area contributed by atoms with Gasteiger partial charge in [-0.3, -0.25) is 4.79 Å². The Labute approximate surface area is 139 Å². The fourth-order valence-corrected chi connectivity index (χ4v) is 2.89. The number of aryl methyl sites for hydroxylation is 1. The zero-order chi connectivity index (χ0) is 17.3. The smallest absolute Gasteiger partial charge is 0.341 e. The second kappa shape index (κ2) is 6.56. The maximum Gasteiger partial charge on any atom is 0.341 e. The Kier molecular flexibility index (Phi) is 4.48. The summed E-state index contributed by atoms with van der Waals surface area (Å²) >= 11 is 0. The third kappa shape index (κ3) is 2.96. The molecule has 1 saturated heterocycles. The van der Waals surface area contributed by atoms with Crippen molar-refractivity contribution in [2.24, 2.45) is 0 Å². The van der Waals surface area contributed by atoms with E-state index in [1.54, 1.807) is 4.57 Å². The Balaban J connectivity index is 2.11. The van der Waals surface area contributed by atoms with Crippen LogP contribution in [0.25, 0.3) is 11.0 Å². The van der Waals surface area contributed by atoms with Crippen molar-refractivity contribution in [2.75, 3.05) is 38.1 Å². The van der Waals surface area contributed by atoms with E-state index in [1.807, 2.05) is 6.92 Å². The van der Waals surface area contributed by atoms with Crippen LogP contribution in [0.5, 0.6) is 0 Å². The summed E-state index contributed by atoms with van der Waals surface area (Å²) < 4.78 is 1.74. The minimum absolute atomic E-state index is 0.244. The molecule has 0 bridgehead atoms. The molecule has 1 N–H and O–H groups in total. The summed E-state index contributed by atoms with van der Waals surface area (Å²) in [6.45, 7) is 6.10. The molecule has 3 rings (SSSR count). The number of carboxylic acids is 1. The second-order valence-electron chi connectivity index (χ2n) is 6.07. The lowest BCUT2D eigenvalue weighted by Crippen LogP contribution is -2.45. The molecule has 0 spiro atoms. The Morgan fingerprint density at radius 3 is 2.62 bits per heavy atom. The molecule has 8 nitrogen and oxygen atoms in total. The normalized spacial score (nSPS) is 15.8. The quantitative estimate of drug-likeness (QED) is 0.879. The van der Waals surface area contributed by atoms with Gasteiger partial charge in [0.15, 0.2) is 0 Å². The molecule has 8 heteroatoms. The van der Waals surface area contributed by atoms with Crippen molar-refractivity contribution in [3.8, 4) is 0 Å². The maximum absolute atomic E-state index is 12.4. The van der Waals surface area contributed by atoms with E-state index in [0.717, 1.165) is 32.6 Å². The molecule has 3 heterocycles. The van der Waals surface area contributed by atoms with Crippen LogP contribution in [0.1, 0.15) is 23.7 Å². The Morgan fingerprint density at radius 2 is 2.00 bits per heavy atom. The number of pyridine rings is 1. The number of fused-ring (bicyclic) bond motifs is 1. The highest BCUT2D eigenvalue weighted by Gasteiger charge is 2.20. The van der Waals surface area contributed by atoms with Crippen LogP contribution in [0.2, 0.25) is 0 Å². The largest absolute Gasteiger partial charge is 0.477 e. The van der Waals surface area contributed by atoms with Gasteiger partial charge in [0, 0.05) is 45.1 Å². The van der Waals surface area contributed by atoms with Gasteiger partial charge in [-0.2, -0.15) is 4.98 Å².